The van der Waals surface area contributed by atoms with E-state index in [0.29, 0.717) is 15.6 Å². The number of hydrogen-bond acceptors (Lipinski definition) is 2. The molecular weight excluding hydrogens is 209 g/mol. The molecule has 0 spiro atoms. The van der Waals surface area contributed by atoms with Crippen molar-refractivity contribution in [2.45, 2.75) is 19.1 Å². The quantitative estimate of drug-likeness (QED) is 0.803. The van der Waals surface area contributed by atoms with Crippen molar-refractivity contribution >= 4 is 23.2 Å². The summed E-state index contributed by atoms with van der Waals surface area (Å²) in [6, 6.07) is 4.68. The zero-order valence-corrected chi connectivity index (χ0v) is 8.68. The number of halogens is 2. The van der Waals surface area contributed by atoms with E-state index in [1.54, 1.807) is 25.1 Å². The molecule has 0 saturated carbocycles. The van der Waals surface area contributed by atoms with Crippen molar-refractivity contribution in [2.24, 2.45) is 5.73 Å². The minimum absolute atomic E-state index is 0.391. The van der Waals surface area contributed by atoms with Crippen LogP contribution in [0, 0.1) is 0 Å². The Morgan fingerprint density at radius 1 is 1.31 bits per heavy atom. The van der Waals surface area contributed by atoms with Gasteiger partial charge < -0.3 is 10.8 Å². The van der Waals surface area contributed by atoms with Crippen molar-refractivity contribution < 1.29 is 5.11 Å². The number of benzene rings is 1. The van der Waals surface area contributed by atoms with E-state index in [9.17, 15) is 5.11 Å². The summed E-state index contributed by atoms with van der Waals surface area (Å²) in [5.41, 5.74) is 6.04. The molecule has 0 radical (unpaired) electrons. The SMILES string of the molecule is C[C@@H](N)[C@@H](O)c1c(Cl)cccc1Cl. The van der Waals surface area contributed by atoms with Crippen LogP contribution < -0.4 is 5.73 Å². The Kier molecular flexibility index (Phi) is 3.56. The van der Waals surface area contributed by atoms with E-state index in [0.717, 1.165) is 0 Å². The second-order valence-corrected chi connectivity index (χ2v) is 3.75. The fourth-order valence-corrected chi connectivity index (χ4v) is 1.68. The Balaban J connectivity index is 3.12. The molecule has 0 aliphatic carbocycles. The molecule has 0 heterocycles. The summed E-state index contributed by atoms with van der Waals surface area (Å²) in [6.45, 7) is 1.70. The van der Waals surface area contributed by atoms with Gasteiger partial charge in [-0.05, 0) is 19.1 Å². The lowest BCUT2D eigenvalue weighted by molar-refractivity contribution is 0.153. The molecule has 0 aliphatic rings. The van der Waals surface area contributed by atoms with Crippen LogP contribution in [-0.2, 0) is 0 Å². The maximum atomic E-state index is 9.67. The van der Waals surface area contributed by atoms with Crippen LogP contribution in [0.2, 0.25) is 10.0 Å². The standard InChI is InChI=1S/C9H11Cl2NO/c1-5(12)9(13)8-6(10)3-2-4-7(8)11/h2-5,9,13H,12H2,1H3/t5-,9-/m1/s1. The summed E-state index contributed by atoms with van der Waals surface area (Å²) in [7, 11) is 0. The maximum absolute atomic E-state index is 9.67. The molecule has 0 fully saturated rings. The fraction of sp³-hybridized carbons (Fsp3) is 0.333. The van der Waals surface area contributed by atoms with Crippen LogP contribution in [0.5, 0.6) is 0 Å². The zero-order valence-electron chi connectivity index (χ0n) is 7.17. The minimum atomic E-state index is -0.818. The smallest absolute Gasteiger partial charge is 0.0966 e. The van der Waals surface area contributed by atoms with E-state index in [4.69, 9.17) is 28.9 Å². The van der Waals surface area contributed by atoms with Crippen molar-refractivity contribution in [1.82, 2.24) is 0 Å². The Bertz CT molecular complexity index is 281. The van der Waals surface area contributed by atoms with Gasteiger partial charge in [0.25, 0.3) is 0 Å². The number of hydrogen-bond donors (Lipinski definition) is 2. The molecule has 4 heteroatoms. The van der Waals surface area contributed by atoms with Crippen LogP contribution in [0.3, 0.4) is 0 Å². The van der Waals surface area contributed by atoms with Gasteiger partial charge in [0.15, 0.2) is 0 Å². The molecule has 1 aromatic carbocycles. The van der Waals surface area contributed by atoms with Gasteiger partial charge in [0, 0.05) is 21.7 Å². The predicted molar refractivity (Wildman–Crippen MR) is 55.1 cm³/mol. The third-order valence-electron chi connectivity index (χ3n) is 1.79. The predicted octanol–water partition coefficient (Wildman–Crippen LogP) is 2.37. The van der Waals surface area contributed by atoms with Gasteiger partial charge in [-0.1, -0.05) is 29.3 Å². The second-order valence-electron chi connectivity index (χ2n) is 2.94. The summed E-state index contributed by atoms with van der Waals surface area (Å²) >= 11 is 11.7. The molecule has 2 atom stereocenters. The highest BCUT2D eigenvalue weighted by molar-refractivity contribution is 6.36. The van der Waals surface area contributed by atoms with E-state index < -0.39 is 12.1 Å². The fourth-order valence-electron chi connectivity index (χ4n) is 1.06. The third-order valence-corrected chi connectivity index (χ3v) is 2.45. The first kappa shape index (κ1) is 10.8. The molecule has 1 rings (SSSR count). The largest absolute Gasteiger partial charge is 0.387 e. The molecule has 0 bridgehead atoms. The first-order valence-corrected chi connectivity index (χ1v) is 4.67. The first-order chi connectivity index (χ1) is 6.04. The highest BCUT2D eigenvalue weighted by Gasteiger charge is 2.18. The lowest BCUT2D eigenvalue weighted by Crippen LogP contribution is -2.24. The van der Waals surface area contributed by atoms with Crippen LogP contribution in [0.4, 0.5) is 0 Å². The van der Waals surface area contributed by atoms with Crippen LogP contribution in [0.15, 0.2) is 18.2 Å². The highest BCUT2D eigenvalue weighted by Crippen LogP contribution is 2.31. The molecule has 1 aromatic rings. The molecule has 3 N–H and O–H groups in total. The lowest BCUT2D eigenvalue weighted by atomic mass is 10.0. The zero-order chi connectivity index (χ0) is 10.0. The van der Waals surface area contributed by atoms with Gasteiger partial charge in [-0.3, -0.25) is 0 Å². The van der Waals surface area contributed by atoms with Crippen molar-refractivity contribution in [1.29, 1.82) is 0 Å². The van der Waals surface area contributed by atoms with Crippen molar-refractivity contribution in [2.75, 3.05) is 0 Å². The van der Waals surface area contributed by atoms with Crippen molar-refractivity contribution in [3.63, 3.8) is 0 Å². The summed E-state index contributed by atoms with van der Waals surface area (Å²) in [5, 5.41) is 10.5. The van der Waals surface area contributed by atoms with Crippen LogP contribution in [0.25, 0.3) is 0 Å². The molecule has 13 heavy (non-hydrogen) atoms. The molecule has 72 valence electrons. The van der Waals surface area contributed by atoms with Gasteiger partial charge in [0.1, 0.15) is 0 Å². The molecule has 0 aromatic heterocycles. The van der Waals surface area contributed by atoms with Gasteiger partial charge in [-0.15, -0.1) is 0 Å². The van der Waals surface area contributed by atoms with Gasteiger partial charge >= 0.3 is 0 Å². The van der Waals surface area contributed by atoms with Crippen molar-refractivity contribution in [3.05, 3.63) is 33.8 Å². The molecule has 0 aliphatic heterocycles. The Morgan fingerprint density at radius 2 is 1.77 bits per heavy atom. The number of nitrogens with two attached hydrogens (primary N) is 1. The maximum Gasteiger partial charge on any atom is 0.0966 e. The van der Waals surface area contributed by atoms with Gasteiger partial charge in [0.05, 0.1) is 6.10 Å². The van der Waals surface area contributed by atoms with E-state index in [1.165, 1.54) is 0 Å². The van der Waals surface area contributed by atoms with E-state index in [1.807, 2.05) is 0 Å². The summed E-state index contributed by atoms with van der Waals surface area (Å²) < 4.78 is 0. The summed E-state index contributed by atoms with van der Waals surface area (Å²) in [6.07, 6.45) is -0.818. The Morgan fingerprint density at radius 3 is 2.15 bits per heavy atom. The number of aliphatic hydroxyl groups excluding tert-OH is 1. The van der Waals surface area contributed by atoms with Crippen LogP contribution in [-0.4, -0.2) is 11.1 Å². The summed E-state index contributed by atoms with van der Waals surface area (Å²) in [5.74, 6) is 0. The van der Waals surface area contributed by atoms with Gasteiger partial charge in [0.2, 0.25) is 0 Å². The number of rotatable bonds is 2. The van der Waals surface area contributed by atoms with Gasteiger partial charge in [-0.2, -0.15) is 0 Å². The molecule has 0 amide bonds. The van der Waals surface area contributed by atoms with Crippen LogP contribution >= 0.6 is 23.2 Å². The van der Waals surface area contributed by atoms with Gasteiger partial charge in [-0.25, -0.2) is 0 Å². The van der Waals surface area contributed by atoms with Crippen molar-refractivity contribution in [3.8, 4) is 0 Å². The molecule has 2 nitrogen and oxygen atoms in total. The first-order valence-electron chi connectivity index (χ1n) is 3.91. The van der Waals surface area contributed by atoms with E-state index in [2.05, 4.69) is 0 Å². The normalized spacial score (nSPS) is 15.5. The molecule has 0 unspecified atom stereocenters. The second kappa shape index (κ2) is 4.29. The lowest BCUT2D eigenvalue weighted by Gasteiger charge is -2.17. The monoisotopic (exact) mass is 219 g/mol. The summed E-state index contributed by atoms with van der Waals surface area (Å²) in [4.78, 5) is 0. The van der Waals surface area contributed by atoms with Crippen LogP contribution in [0.1, 0.15) is 18.6 Å². The molecular formula is C9H11Cl2NO. The highest BCUT2D eigenvalue weighted by atomic mass is 35.5. The average molecular weight is 220 g/mol. The molecule has 0 saturated heterocycles. The topological polar surface area (TPSA) is 46.2 Å². The third kappa shape index (κ3) is 2.35. The Labute approximate surface area is 87.3 Å². The minimum Gasteiger partial charge on any atom is -0.387 e. The Hall–Kier alpha value is -0.280. The van der Waals surface area contributed by atoms with E-state index >= 15 is 0 Å². The number of aliphatic hydroxyl groups is 1. The average Bonchev–Trinajstić information content (AvgIpc) is 2.03. The van der Waals surface area contributed by atoms with E-state index in [-0.39, 0.29) is 0 Å².